The summed E-state index contributed by atoms with van der Waals surface area (Å²) >= 11 is 11.9. The van der Waals surface area contributed by atoms with Crippen LogP contribution in [-0.2, 0) is 14.8 Å². The molecule has 0 bridgehead atoms. The van der Waals surface area contributed by atoms with Crippen molar-refractivity contribution in [1.29, 1.82) is 0 Å². The van der Waals surface area contributed by atoms with Crippen molar-refractivity contribution in [3.05, 3.63) is 64.1 Å². The lowest BCUT2D eigenvalue weighted by Crippen LogP contribution is -2.52. The van der Waals surface area contributed by atoms with E-state index < -0.39 is 16.1 Å². The summed E-state index contributed by atoms with van der Waals surface area (Å²) in [6.07, 6.45) is 2.03. The SMILES string of the molecule is O=C(NC1CC1)[C@H](c1ccccc1)N1CCN(S(=O)(=O)c2ccc(Cl)c(Cl)c2)CC1. The van der Waals surface area contributed by atoms with E-state index >= 15 is 0 Å². The Balaban J connectivity index is 1.50. The Morgan fingerprint density at radius 3 is 2.23 bits per heavy atom. The number of benzene rings is 2. The molecule has 1 N–H and O–H groups in total. The lowest BCUT2D eigenvalue weighted by molar-refractivity contribution is -0.127. The van der Waals surface area contributed by atoms with Crippen LogP contribution in [0.25, 0.3) is 0 Å². The summed E-state index contributed by atoms with van der Waals surface area (Å²) < 4.78 is 27.5. The van der Waals surface area contributed by atoms with Crippen LogP contribution in [-0.4, -0.2) is 55.8 Å². The first kappa shape index (κ1) is 21.6. The first-order valence-electron chi connectivity index (χ1n) is 9.91. The smallest absolute Gasteiger partial charge is 0.243 e. The van der Waals surface area contributed by atoms with Gasteiger partial charge in [-0.3, -0.25) is 9.69 Å². The van der Waals surface area contributed by atoms with Crippen LogP contribution in [0.1, 0.15) is 24.4 Å². The van der Waals surface area contributed by atoms with Crippen molar-refractivity contribution < 1.29 is 13.2 Å². The number of amides is 1. The summed E-state index contributed by atoms with van der Waals surface area (Å²) in [6, 6.07) is 13.8. The molecule has 0 aromatic heterocycles. The van der Waals surface area contributed by atoms with Crippen LogP contribution in [0, 0.1) is 0 Å². The number of hydrogen-bond acceptors (Lipinski definition) is 4. The van der Waals surface area contributed by atoms with Crippen LogP contribution in [0.5, 0.6) is 0 Å². The van der Waals surface area contributed by atoms with E-state index in [-0.39, 0.29) is 21.9 Å². The number of halogens is 2. The van der Waals surface area contributed by atoms with Crippen molar-refractivity contribution in [3.63, 3.8) is 0 Å². The number of carbonyl (C=O) groups is 1. The summed E-state index contributed by atoms with van der Waals surface area (Å²) in [4.78, 5) is 15.1. The second-order valence-corrected chi connectivity index (χ2v) is 10.4. The summed E-state index contributed by atoms with van der Waals surface area (Å²) in [7, 11) is -3.68. The zero-order chi connectivity index (χ0) is 21.3. The van der Waals surface area contributed by atoms with E-state index in [1.807, 2.05) is 35.2 Å². The van der Waals surface area contributed by atoms with Gasteiger partial charge in [0.2, 0.25) is 15.9 Å². The Bertz CT molecular complexity index is 1020. The topological polar surface area (TPSA) is 69.7 Å². The van der Waals surface area contributed by atoms with Gasteiger partial charge in [0.25, 0.3) is 0 Å². The molecule has 9 heteroatoms. The van der Waals surface area contributed by atoms with E-state index in [9.17, 15) is 13.2 Å². The van der Waals surface area contributed by atoms with E-state index in [0.717, 1.165) is 18.4 Å². The van der Waals surface area contributed by atoms with Gasteiger partial charge in [0.15, 0.2) is 0 Å². The highest BCUT2D eigenvalue weighted by atomic mass is 35.5. The Morgan fingerprint density at radius 2 is 1.63 bits per heavy atom. The second-order valence-electron chi connectivity index (χ2n) is 7.61. The van der Waals surface area contributed by atoms with Crippen LogP contribution < -0.4 is 5.32 Å². The fraction of sp³-hybridized carbons (Fsp3) is 0.381. The number of sulfonamides is 1. The van der Waals surface area contributed by atoms with Gasteiger partial charge in [0.1, 0.15) is 6.04 Å². The molecule has 2 aromatic rings. The molecule has 0 spiro atoms. The highest BCUT2D eigenvalue weighted by Crippen LogP contribution is 2.29. The molecule has 0 radical (unpaired) electrons. The molecule has 4 rings (SSSR count). The normalized spacial score (nSPS) is 19.4. The lowest BCUT2D eigenvalue weighted by Gasteiger charge is -2.38. The standard InChI is InChI=1S/C21H23Cl2N3O3S/c22-18-9-8-17(14-19(18)23)30(28,29)26-12-10-25(11-13-26)20(15-4-2-1-3-5-15)21(27)24-16-6-7-16/h1-5,8-9,14,16,20H,6-7,10-13H2,(H,24,27)/t20-/m0/s1. The van der Waals surface area contributed by atoms with Gasteiger partial charge in [0, 0.05) is 32.2 Å². The molecule has 1 heterocycles. The first-order chi connectivity index (χ1) is 14.4. The number of carbonyl (C=O) groups excluding carboxylic acids is 1. The van der Waals surface area contributed by atoms with E-state index in [1.165, 1.54) is 22.5 Å². The van der Waals surface area contributed by atoms with Crippen LogP contribution in [0.2, 0.25) is 10.0 Å². The molecule has 0 unspecified atom stereocenters. The molecule has 160 valence electrons. The lowest BCUT2D eigenvalue weighted by atomic mass is 10.0. The van der Waals surface area contributed by atoms with Crippen molar-refractivity contribution >= 4 is 39.1 Å². The molecule has 1 saturated heterocycles. The highest BCUT2D eigenvalue weighted by molar-refractivity contribution is 7.89. The van der Waals surface area contributed by atoms with Crippen LogP contribution in [0.15, 0.2) is 53.4 Å². The van der Waals surface area contributed by atoms with Crippen LogP contribution >= 0.6 is 23.2 Å². The maximum Gasteiger partial charge on any atom is 0.243 e. The second kappa shape index (κ2) is 8.85. The van der Waals surface area contributed by atoms with Crippen LogP contribution in [0.3, 0.4) is 0 Å². The van der Waals surface area contributed by atoms with Crippen LogP contribution in [0.4, 0.5) is 0 Å². The molecule has 6 nitrogen and oxygen atoms in total. The van der Waals surface area contributed by atoms with Gasteiger partial charge < -0.3 is 5.32 Å². The van der Waals surface area contributed by atoms with Gasteiger partial charge in [-0.1, -0.05) is 53.5 Å². The highest BCUT2D eigenvalue weighted by Gasteiger charge is 2.36. The fourth-order valence-electron chi connectivity index (χ4n) is 3.66. The minimum absolute atomic E-state index is 0.0236. The Kier molecular flexibility index (Phi) is 6.36. The van der Waals surface area contributed by atoms with Gasteiger partial charge >= 0.3 is 0 Å². The van der Waals surface area contributed by atoms with Crippen molar-refractivity contribution in [3.8, 4) is 0 Å². The number of rotatable bonds is 6. The Morgan fingerprint density at radius 1 is 0.967 bits per heavy atom. The molecule has 1 atom stereocenters. The minimum atomic E-state index is -3.68. The maximum absolute atomic E-state index is 13.0. The van der Waals surface area contributed by atoms with Gasteiger partial charge in [-0.15, -0.1) is 0 Å². The zero-order valence-electron chi connectivity index (χ0n) is 16.3. The van der Waals surface area contributed by atoms with Crippen molar-refractivity contribution in [2.75, 3.05) is 26.2 Å². The van der Waals surface area contributed by atoms with E-state index in [1.54, 1.807) is 0 Å². The maximum atomic E-state index is 13.0. The summed E-state index contributed by atoms with van der Waals surface area (Å²) in [5, 5.41) is 3.61. The predicted octanol–water partition coefficient (Wildman–Crippen LogP) is 3.32. The zero-order valence-corrected chi connectivity index (χ0v) is 18.6. The number of nitrogens with zero attached hydrogens (tertiary/aromatic N) is 2. The molecule has 30 heavy (non-hydrogen) atoms. The number of nitrogens with one attached hydrogen (secondary N) is 1. The molecule has 2 aromatic carbocycles. The molecule has 1 aliphatic carbocycles. The fourth-order valence-corrected chi connectivity index (χ4v) is 5.47. The minimum Gasteiger partial charge on any atom is -0.352 e. The van der Waals surface area contributed by atoms with Gasteiger partial charge in [-0.05, 0) is 36.6 Å². The predicted molar refractivity (Wildman–Crippen MR) is 117 cm³/mol. The summed E-state index contributed by atoms with van der Waals surface area (Å²) in [5.74, 6) is -0.0236. The van der Waals surface area contributed by atoms with Gasteiger partial charge in [-0.25, -0.2) is 8.42 Å². The third kappa shape index (κ3) is 4.65. The molecule has 2 aliphatic rings. The van der Waals surface area contributed by atoms with Gasteiger partial charge in [0.05, 0.1) is 14.9 Å². The third-order valence-electron chi connectivity index (χ3n) is 5.45. The monoisotopic (exact) mass is 467 g/mol. The largest absolute Gasteiger partial charge is 0.352 e. The summed E-state index contributed by atoms with van der Waals surface area (Å²) in [6.45, 7) is 1.50. The number of hydrogen-bond donors (Lipinski definition) is 1. The Hall–Kier alpha value is -1.64. The first-order valence-corrected chi connectivity index (χ1v) is 12.1. The average Bonchev–Trinajstić information content (AvgIpc) is 3.55. The summed E-state index contributed by atoms with van der Waals surface area (Å²) in [5.41, 5.74) is 0.913. The average molecular weight is 468 g/mol. The van der Waals surface area contributed by atoms with Crippen molar-refractivity contribution in [1.82, 2.24) is 14.5 Å². The van der Waals surface area contributed by atoms with E-state index in [0.29, 0.717) is 31.2 Å². The molecule has 1 amide bonds. The van der Waals surface area contributed by atoms with E-state index in [2.05, 4.69) is 5.32 Å². The molecule has 1 saturated carbocycles. The van der Waals surface area contributed by atoms with Gasteiger partial charge in [-0.2, -0.15) is 4.31 Å². The number of piperazine rings is 1. The molecular formula is C21H23Cl2N3O3S. The molecule has 1 aliphatic heterocycles. The molecule has 2 fully saturated rings. The Labute approximate surface area is 186 Å². The van der Waals surface area contributed by atoms with Crippen molar-refractivity contribution in [2.24, 2.45) is 0 Å². The quantitative estimate of drug-likeness (QED) is 0.707. The third-order valence-corrected chi connectivity index (χ3v) is 8.09. The molecular weight excluding hydrogens is 445 g/mol. The van der Waals surface area contributed by atoms with Crippen molar-refractivity contribution in [2.45, 2.75) is 29.8 Å². The van der Waals surface area contributed by atoms with E-state index in [4.69, 9.17) is 23.2 Å².